The van der Waals surface area contributed by atoms with Gasteiger partial charge in [-0.15, -0.1) is 0 Å². The van der Waals surface area contributed by atoms with Crippen molar-refractivity contribution in [1.82, 2.24) is 39.9 Å². The maximum atomic E-state index is 5.25. The van der Waals surface area contributed by atoms with E-state index in [0.717, 1.165) is 43.4 Å². The van der Waals surface area contributed by atoms with Crippen molar-refractivity contribution in [3.05, 3.63) is 96.1 Å². The van der Waals surface area contributed by atoms with E-state index >= 15 is 0 Å². The zero-order chi connectivity index (χ0) is 33.4. The Morgan fingerprint density at radius 3 is 1.39 bits per heavy atom. The molecule has 2 aromatic heterocycles. The van der Waals surface area contributed by atoms with Crippen molar-refractivity contribution in [2.24, 2.45) is 0 Å². The topological polar surface area (TPSA) is 106 Å². The normalized spacial score (nSPS) is 17.5. The van der Waals surface area contributed by atoms with E-state index < -0.39 is 21.7 Å². The molecule has 4 aromatic carbocycles. The van der Waals surface area contributed by atoms with Crippen LogP contribution in [0.5, 0.6) is 0 Å². The van der Waals surface area contributed by atoms with Gasteiger partial charge in [-0.3, -0.25) is 4.98 Å². The van der Waals surface area contributed by atoms with Crippen molar-refractivity contribution < 1.29 is 16.5 Å². The van der Waals surface area contributed by atoms with E-state index in [1.54, 1.807) is 0 Å². The van der Waals surface area contributed by atoms with Crippen molar-refractivity contribution in [3.63, 3.8) is 0 Å². The van der Waals surface area contributed by atoms with Gasteiger partial charge in [-0.2, -0.15) is 0 Å². The van der Waals surface area contributed by atoms with Crippen LogP contribution in [0.25, 0.3) is 66.4 Å². The maximum Gasteiger partial charge on any atom is 2.00 e. The first-order valence-electron chi connectivity index (χ1n) is 16.5. The molecule has 0 atom stereocenters. The van der Waals surface area contributed by atoms with Gasteiger partial charge in [0.05, 0.1) is 23.3 Å². The van der Waals surface area contributed by atoms with Crippen LogP contribution in [-0.4, -0.2) is 29.9 Å². The zero-order valence-corrected chi connectivity index (χ0v) is 29.8. The molecule has 0 unspecified atom stereocenters. The van der Waals surface area contributed by atoms with Crippen LogP contribution >= 0.6 is 0 Å². The largest absolute Gasteiger partial charge is 2.00 e. The minimum absolute atomic E-state index is 0. The number of fused-ring (bicyclic) bond motifs is 16. The molecule has 0 fully saturated rings. The summed E-state index contributed by atoms with van der Waals surface area (Å²) in [4.78, 5) is 41.4. The number of benzene rings is 4. The van der Waals surface area contributed by atoms with Gasteiger partial charge in [-0.25, -0.2) is 4.98 Å². The molecule has 0 saturated carbocycles. The fourth-order valence-corrected chi connectivity index (χ4v) is 6.94. The first-order chi connectivity index (χ1) is 22.8. The molecule has 8 bridgehead atoms. The molecule has 0 saturated heterocycles. The van der Waals surface area contributed by atoms with E-state index in [-0.39, 0.29) is 16.5 Å². The van der Waals surface area contributed by atoms with E-state index in [1.165, 1.54) is 0 Å². The summed E-state index contributed by atoms with van der Waals surface area (Å²) in [7, 11) is 0. The molecule has 0 aliphatic carbocycles. The molecule has 0 spiro atoms. The van der Waals surface area contributed by atoms with Gasteiger partial charge in [-0.05, 0) is 68.2 Å². The van der Waals surface area contributed by atoms with Crippen LogP contribution in [0, 0.1) is 0 Å². The molecule has 3 aliphatic rings. The molecule has 0 N–H and O–H groups in total. The molecule has 6 aromatic rings. The van der Waals surface area contributed by atoms with Gasteiger partial charge in [0.1, 0.15) is 0 Å². The Morgan fingerprint density at radius 2 is 0.857 bits per heavy atom. The molecule has 8 nitrogen and oxygen atoms in total. The van der Waals surface area contributed by atoms with E-state index in [1.807, 2.05) is 0 Å². The first-order valence-corrected chi connectivity index (χ1v) is 16.5. The minimum Gasteiger partial charge on any atom is -0.366 e. The minimum atomic E-state index is -0.437. The monoisotopic (exact) mass is 686 g/mol. The van der Waals surface area contributed by atoms with Gasteiger partial charge in [0, 0.05) is 44.1 Å². The summed E-state index contributed by atoms with van der Waals surface area (Å²) in [6.45, 7) is 17.5. The summed E-state index contributed by atoms with van der Waals surface area (Å²) in [5.41, 5.74) is 1.27. The molecule has 3 aliphatic heterocycles. The van der Waals surface area contributed by atoms with Crippen molar-refractivity contribution in [2.45, 2.75) is 77.0 Å². The second-order valence-electron chi connectivity index (χ2n) is 15.5. The third kappa shape index (κ3) is 4.27. The van der Waals surface area contributed by atoms with Crippen LogP contribution in [0.3, 0.4) is 0 Å². The van der Waals surface area contributed by atoms with Crippen molar-refractivity contribution in [2.75, 3.05) is 0 Å². The van der Waals surface area contributed by atoms with Crippen LogP contribution < -0.4 is 9.97 Å². The van der Waals surface area contributed by atoms with Crippen LogP contribution in [0.1, 0.15) is 78.7 Å². The Balaban J connectivity index is 0.00000348. The Morgan fingerprint density at radius 1 is 0.429 bits per heavy atom. The van der Waals surface area contributed by atoms with Gasteiger partial charge >= 0.3 is 16.5 Å². The van der Waals surface area contributed by atoms with Crippen molar-refractivity contribution in [1.29, 1.82) is 0 Å². The standard InChI is InChI=1S/C40H36N8.Ni/c1-37(2)33-44-31-27-19-23-15-11-9-13-21(23)17-25(27)29(42-31)41-30-26-18-22-14-10-12-16-24(22)20-28(26)32(43-30)45-34-38(3,4)40(7,8)36(47-34)48-35(46-33)39(37,5)6;/h9-20H,1-8H3;/q-2;+2. The zero-order valence-electron chi connectivity index (χ0n) is 28.8. The fourth-order valence-electron chi connectivity index (χ4n) is 6.94. The molecule has 0 radical (unpaired) electrons. The Bertz CT molecular complexity index is 2590. The SMILES string of the molecule is CC1(C)c2nc(nc3[n-]c(nc4nc(nc5[n-]c(n2)C(C)(C)C5(C)C)-c2cc5ccccc5cc2-4)c2cc4ccccc4cc32)C1(C)C.[Ni+2]. The van der Waals surface area contributed by atoms with Crippen LogP contribution in [-0.2, 0) is 38.2 Å². The number of aromatic nitrogens is 8. The van der Waals surface area contributed by atoms with Crippen molar-refractivity contribution in [3.8, 4) is 22.8 Å². The Labute approximate surface area is 294 Å². The van der Waals surface area contributed by atoms with Gasteiger partial charge in [0.25, 0.3) is 0 Å². The quantitative estimate of drug-likeness (QED) is 0.147. The predicted molar refractivity (Wildman–Crippen MR) is 190 cm³/mol. The molecule has 49 heavy (non-hydrogen) atoms. The Kier molecular flexibility index (Phi) is 6.52. The molecular weight excluding hydrogens is 651 g/mol. The smallest absolute Gasteiger partial charge is 0.366 e. The van der Waals surface area contributed by atoms with Crippen LogP contribution in [0.15, 0.2) is 72.8 Å². The van der Waals surface area contributed by atoms with E-state index in [2.05, 4.69) is 128 Å². The number of hydrogen-bond acceptors (Lipinski definition) is 6. The van der Waals surface area contributed by atoms with Gasteiger partial charge in [0.2, 0.25) is 0 Å². The van der Waals surface area contributed by atoms with E-state index in [4.69, 9.17) is 39.9 Å². The molecule has 9 heteroatoms. The van der Waals surface area contributed by atoms with Crippen molar-refractivity contribution >= 4 is 43.6 Å². The van der Waals surface area contributed by atoms with Crippen LogP contribution in [0.4, 0.5) is 0 Å². The fraction of sp³-hybridized carbons (Fsp3) is 0.300. The average Bonchev–Trinajstić information content (AvgIpc) is 3.65. The summed E-state index contributed by atoms with van der Waals surface area (Å²) in [6, 6.07) is 25.3. The van der Waals surface area contributed by atoms with Gasteiger partial charge in [-0.1, -0.05) is 104 Å². The third-order valence-corrected chi connectivity index (χ3v) is 11.8. The molecule has 246 valence electrons. The molecule has 5 heterocycles. The summed E-state index contributed by atoms with van der Waals surface area (Å²) in [5.74, 6) is 3.95. The Hall–Kier alpha value is -4.75. The molecular formula is C40H36N8Ni. The van der Waals surface area contributed by atoms with Crippen LogP contribution in [0.2, 0.25) is 0 Å². The summed E-state index contributed by atoms with van der Waals surface area (Å²) in [5, 5.41) is 6.28. The third-order valence-electron chi connectivity index (χ3n) is 11.8. The average molecular weight is 687 g/mol. The molecule has 0 amide bonds. The summed E-state index contributed by atoms with van der Waals surface area (Å²) < 4.78 is 0. The summed E-state index contributed by atoms with van der Waals surface area (Å²) >= 11 is 0. The predicted octanol–water partition coefficient (Wildman–Crippen LogP) is 8.18. The number of rotatable bonds is 0. The summed E-state index contributed by atoms with van der Waals surface area (Å²) in [6.07, 6.45) is 0. The van der Waals surface area contributed by atoms with Gasteiger partial charge in [0.15, 0.2) is 0 Å². The van der Waals surface area contributed by atoms with Gasteiger partial charge < -0.3 is 29.9 Å². The maximum absolute atomic E-state index is 5.25. The second kappa shape index (κ2) is 10.1. The molecule has 9 rings (SSSR count). The first kappa shape index (κ1) is 31.5. The number of nitrogens with zero attached hydrogens (tertiary/aromatic N) is 8. The van der Waals surface area contributed by atoms with E-state index in [0.29, 0.717) is 46.2 Å². The second-order valence-corrected chi connectivity index (χ2v) is 15.5. The number of hydrogen-bond donors (Lipinski definition) is 0. The van der Waals surface area contributed by atoms with E-state index in [9.17, 15) is 0 Å².